The molecule has 0 bridgehead atoms. The molecule has 0 aromatic carbocycles. The number of hydrogen-bond donors (Lipinski definition) is 1. The van der Waals surface area contributed by atoms with Gasteiger partial charge >= 0.3 is 0 Å². The van der Waals surface area contributed by atoms with E-state index in [9.17, 15) is 4.39 Å². The summed E-state index contributed by atoms with van der Waals surface area (Å²) in [6.45, 7) is 13.4. The molecule has 0 aromatic rings. The Hall–Kier alpha value is 0.160. The molecular formula is C16H34FN2O3P. The molecule has 1 aliphatic heterocycles. The summed E-state index contributed by atoms with van der Waals surface area (Å²) in [4.78, 5) is 0. The van der Waals surface area contributed by atoms with E-state index < -0.39 is 26.8 Å². The quantitative estimate of drug-likeness (QED) is 0.389. The van der Waals surface area contributed by atoms with E-state index >= 15 is 0 Å². The third kappa shape index (κ3) is 6.18. The van der Waals surface area contributed by atoms with Crippen molar-refractivity contribution in [3.8, 4) is 0 Å². The van der Waals surface area contributed by atoms with E-state index in [0.29, 0.717) is 19.9 Å². The SMILES string of the molecule is [2H]C[C@H]1OC[C@@H](C)[C@H](F)[C@@H]1OP(NCOCC)N(C(C)C)C(C)C. The minimum absolute atomic E-state index is 0.00417. The molecule has 5 atom stereocenters. The van der Waals surface area contributed by atoms with E-state index in [-0.39, 0.29) is 24.9 Å². The highest BCUT2D eigenvalue weighted by Crippen LogP contribution is 2.44. The van der Waals surface area contributed by atoms with Crippen molar-refractivity contribution < 1.29 is 19.8 Å². The summed E-state index contributed by atoms with van der Waals surface area (Å²) in [5.41, 5.74) is 0. The average Bonchev–Trinajstić information content (AvgIpc) is 2.51. The number of halogens is 1. The summed E-state index contributed by atoms with van der Waals surface area (Å²) >= 11 is 0. The van der Waals surface area contributed by atoms with Crippen LogP contribution in [0.5, 0.6) is 0 Å². The van der Waals surface area contributed by atoms with Gasteiger partial charge in [-0.1, -0.05) is 6.92 Å². The Labute approximate surface area is 143 Å². The third-order valence-electron chi connectivity index (χ3n) is 3.79. The topological polar surface area (TPSA) is 43.0 Å². The molecule has 138 valence electrons. The molecule has 0 spiro atoms. The Kier molecular flexibility index (Phi) is 8.66. The van der Waals surface area contributed by atoms with Gasteiger partial charge in [0.1, 0.15) is 19.0 Å². The van der Waals surface area contributed by atoms with Gasteiger partial charge in [0.2, 0.25) is 0 Å². The number of ether oxygens (including phenoxy) is 2. The first kappa shape index (κ1) is 19.5. The zero-order chi connectivity index (χ0) is 18.3. The van der Waals surface area contributed by atoms with Gasteiger partial charge in [0.05, 0.1) is 12.7 Å². The predicted molar refractivity (Wildman–Crippen MR) is 93.0 cm³/mol. The van der Waals surface area contributed by atoms with E-state index in [2.05, 4.69) is 37.5 Å². The first-order chi connectivity index (χ1) is 11.3. The summed E-state index contributed by atoms with van der Waals surface area (Å²) in [7, 11) is -1.26. The maximum Gasteiger partial charge on any atom is 0.187 e. The molecule has 1 aliphatic rings. The van der Waals surface area contributed by atoms with Crippen LogP contribution in [-0.4, -0.2) is 55.1 Å². The predicted octanol–water partition coefficient (Wildman–Crippen LogP) is 3.69. The minimum atomic E-state index is -1.26. The van der Waals surface area contributed by atoms with Crippen LogP contribution in [0.15, 0.2) is 0 Å². The van der Waals surface area contributed by atoms with Crippen LogP contribution in [0.3, 0.4) is 0 Å². The van der Waals surface area contributed by atoms with Crippen molar-refractivity contribution in [2.75, 3.05) is 19.9 Å². The third-order valence-corrected chi connectivity index (χ3v) is 5.98. The lowest BCUT2D eigenvalue weighted by Crippen LogP contribution is -2.48. The van der Waals surface area contributed by atoms with Crippen molar-refractivity contribution in [3.05, 3.63) is 0 Å². The maximum atomic E-state index is 14.7. The highest BCUT2D eigenvalue weighted by atomic mass is 31.2. The largest absolute Gasteiger partial charge is 0.375 e. The second-order valence-electron chi connectivity index (χ2n) is 6.50. The van der Waals surface area contributed by atoms with Gasteiger partial charge in [0.25, 0.3) is 0 Å². The molecule has 5 nitrogen and oxygen atoms in total. The molecule has 1 unspecified atom stereocenters. The van der Waals surface area contributed by atoms with Crippen LogP contribution >= 0.6 is 8.45 Å². The first-order valence-electron chi connectivity index (χ1n) is 9.15. The molecule has 7 heteroatoms. The van der Waals surface area contributed by atoms with Gasteiger partial charge in [-0.05, 0) is 41.5 Å². The van der Waals surface area contributed by atoms with Crippen LogP contribution in [0.1, 0.15) is 49.8 Å². The van der Waals surface area contributed by atoms with Gasteiger partial charge in [-0.15, -0.1) is 0 Å². The Morgan fingerprint density at radius 2 is 2.04 bits per heavy atom. The van der Waals surface area contributed by atoms with Crippen LogP contribution in [0.4, 0.5) is 4.39 Å². The van der Waals surface area contributed by atoms with Gasteiger partial charge in [0.15, 0.2) is 8.45 Å². The number of rotatable bonds is 9. The fraction of sp³-hybridized carbons (Fsp3) is 1.00. The van der Waals surface area contributed by atoms with Crippen molar-refractivity contribution in [1.29, 1.82) is 0 Å². The van der Waals surface area contributed by atoms with Gasteiger partial charge in [0, 0.05) is 26.0 Å². The van der Waals surface area contributed by atoms with Crippen molar-refractivity contribution in [2.24, 2.45) is 5.92 Å². The van der Waals surface area contributed by atoms with Gasteiger partial charge in [-0.3, -0.25) is 0 Å². The zero-order valence-corrected chi connectivity index (χ0v) is 16.2. The molecule has 0 aliphatic carbocycles. The minimum Gasteiger partial charge on any atom is -0.375 e. The summed E-state index contributed by atoms with van der Waals surface area (Å²) in [6.07, 6.45) is -2.39. The van der Waals surface area contributed by atoms with Gasteiger partial charge in [-0.25, -0.2) is 14.1 Å². The zero-order valence-electron chi connectivity index (χ0n) is 16.3. The van der Waals surface area contributed by atoms with E-state index in [1.165, 1.54) is 0 Å². The normalized spacial score (nSPS) is 31.0. The Bertz CT molecular complexity index is 345. The second-order valence-corrected chi connectivity index (χ2v) is 8.03. The summed E-state index contributed by atoms with van der Waals surface area (Å²) < 4.78 is 41.8. The molecule has 1 N–H and O–H groups in total. The molecule has 1 fully saturated rings. The summed E-state index contributed by atoms with van der Waals surface area (Å²) in [5, 5.41) is 3.27. The molecular weight excluding hydrogens is 318 g/mol. The molecule has 0 aromatic heterocycles. The highest BCUT2D eigenvalue weighted by Gasteiger charge is 2.40. The van der Waals surface area contributed by atoms with Crippen LogP contribution in [0.25, 0.3) is 0 Å². The van der Waals surface area contributed by atoms with E-state index in [1.807, 2.05) is 13.8 Å². The van der Waals surface area contributed by atoms with Crippen molar-refractivity contribution in [2.45, 2.75) is 78.9 Å². The second kappa shape index (κ2) is 10.2. The average molecular weight is 353 g/mol. The Balaban J connectivity index is 2.91. The van der Waals surface area contributed by atoms with E-state index in [1.54, 1.807) is 0 Å². The molecule has 23 heavy (non-hydrogen) atoms. The number of hydrogen-bond acceptors (Lipinski definition) is 5. The molecule has 0 radical (unpaired) electrons. The molecule has 0 saturated carbocycles. The van der Waals surface area contributed by atoms with E-state index in [0.717, 1.165) is 0 Å². The molecule has 0 amide bonds. The lowest BCUT2D eigenvalue weighted by Gasteiger charge is -2.42. The van der Waals surface area contributed by atoms with Crippen LogP contribution in [-0.2, 0) is 14.0 Å². The van der Waals surface area contributed by atoms with Gasteiger partial charge < -0.3 is 14.0 Å². The van der Waals surface area contributed by atoms with Crippen molar-refractivity contribution in [3.63, 3.8) is 0 Å². The summed E-state index contributed by atoms with van der Waals surface area (Å²) in [5.74, 6) is -0.229. The Morgan fingerprint density at radius 3 is 2.57 bits per heavy atom. The Morgan fingerprint density at radius 1 is 1.39 bits per heavy atom. The lowest BCUT2D eigenvalue weighted by molar-refractivity contribution is -0.118. The maximum absolute atomic E-state index is 14.7. The first-order valence-corrected chi connectivity index (χ1v) is 9.65. The number of nitrogens with one attached hydrogen (secondary N) is 1. The summed E-state index contributed by atoms with van der Waals surface area (Å²) in [6, 6.07) is 0.472. The van der Waals surface area contributed by atoms with E-state index in [4.69, 9.17) is 15.4 Å². The molecule has 1 rings (SSSR count). The van der Waals surface area contributed by atoms with Crippen molar-refractivity contribution >= 4 is 8.45 Å². The van der Waals surface area contributed by atoms with Gasteiger partial charge in [-0.2, -0.15) is 0 Å². The van der Waals surface area contributed by atoms with Crippen molar-refractivity contribution in [1.82, 2.24) is 9.76 Å². The molecule has 1 saturated heterocycles. The number of alkyl halides is 1. The smallest absolute Gasteiger partial charge is 0.187 e. The fourth-order valence-corrected chi connectivity index (χ4v) is 4.49. The van der Waals surface area contributed by atoms with Crippen LogP contribution < -0.4 is 5.09 Å². The fourth-order valence-electron chi connectivity index (χ4n) is 2.62. The van der Waals surface area contributed by atoms with Crippen LogP contribution in [0, 0.1) is 5.92 Å². The number of nitrogens with zero attached hydrogens (tertiary/aromatic N) is 1. The highest BCUT2D eigenvalue weighted by molar-refractivity contribution is 7.47. The standard InChI is InChI=1S/C16H34FN2O3P/c1-8-20-10-18-23(19(11(2)3)12(4)5)22-16-14(7)21-9-13(6)15(16)17/h11-16,18H,8-10H2,1-7H3/t13-,14-,15+,16-,23?/m1/s1/i7D. The molecule has 1 heterocycles. The van der Waals surface area contributed by atoms with Crippen LogP contribution in [0.2, 0.25) is 0 Å². The monoisotopic (exact) mass is 353 g/mol. The lowest BCUT2D eigenvalue weighted by atomic mass is 9.96.